The molecule has 5 heteroatoms. The number of hydrogen-bond donors (Lipinski definition) is 0. The number of halogens is 2. The second kappa shape index (κ2) is 7.30. The van der Waals surface area contributed by atoms with Crippen molar-refractivity contribution in [2.45, 2.75) is 20.5 Å². The maximum absolute atomic E-state index is 13.1. The highest BCUT2D eigenvalue weighted by atomic mass is 19.1. The van der Waals surface area contributed by atoms with E-state index in [0.717, 1.165) is 28.2 Å². The average molecular weight is 340 g/mol. The predicted molar refractivity (Wildman–Crippen MR) is 94.0 cm³/mol. The third kappa shape index (κ3) is 3.94. The molecule has 0 unspecified atom stereocenters. The Morgan fingerprint density at radius 1 is 0.960 bits per heavy atom. The number of rotatable bonds is 5. The second-order valence-corrected chi connectivity index (χ2v) is 5.77. The van der Waals surface area contributed by atoms with Gasteiger partial charge in [-0.2, -0.15) is 0 Å². The lowest BCUT2D eigenvalue weighted by atomic mass is 10.2. The van der Waals surface area contributed by atoms with E-state index >= 15 is 0 Å². The van der Waals surface area contributed by atoms with E-state index in [-0.39, 0.29) is 18.2 Å². The fraction of sp³-hybridized carbons (Fsp3) is 0.150. The van der Waals surface area contributed by atoms with E-state index in [2.05, 4.69) is 5.16 Å². The van der Waals surface area contributed by atoms with Crippen LogP contribution in [0.15, 0.2) is 59.8 Å². The molecule has 2 aromatic carbocycles. The summed E-state index contributed by atoms with van der Waals surface area (Å²) in [5, 5.41) is 3.99. The lowest BCUT2D eigenvalue weighted by Crippen LogP contribution is -1.99. The third-order valence-corrected chi connectivity index (χ3v) is 3.97. The van der Waals surface area contributed by atoms with Gasteiger partial charge in [0.2, 0.25) is 0 Å². The molecule has 0 N–H and O–H groups in total. The Kier molecular flexibility index (Phi) is 4.93. The molecule has 0 aliphatic rings. The predicted octanol–water partition coefficient (Wildman–Crippen LogP) is 4.92. The maximum atomic E-state index is 13.1. The summed E-state index contributed by atoms with van der Waals surface area (Å²) in [6.07, 6.45) is 1.64. The van der Waals surface area contributed by atoms with E-state index in [1.54, 1.807) is 30.5 Å². The highest BCUT2D eigenvalue weighted by Gasteiger charge is 2.09. The molecule has 0 aliphatic carbocycles. The quantitative estimate of drug-likeness (QED) is 0.478. The van der Waals surface area contributed by atoms with Crippen molar-refractivity contribution in [2.75, 3.05) is 0 Å². The van der Waals surface area contributed by atoms with Crippen LogP contribution in [0.1, 0.15) is 22.5 Å². The Balaban J connectivity index is 1.71. The zero-order valence-corrected chi connectivity index (χ0v) is 14.0. The number of oxime groups is 1. The van der Waals surface area contributed by atoms with Gasteiger partial charge in [-0.25, -0.2) is 8.78 Å². The number of aromatic nitrogens is 1. The Morgan fingerprint density at radius 2 is 1.56 bits per heavy atom. The van der Waals surface area contributed by atoms with Crippen LogP contribution in [0.2, 0.25) is 0 Å². The first-order valence-corrected chi connectivity index (χ1v) is 7.89. The van der Waals surface area contributed by atoms with Crippen LogP contribution in [-0.4, -0.2) is 10.8 Å². The Labute approximate surface area is 145 Å². The lowest BCUT2D eigenvalue weighted by Gasteiger charge is -2.09. The molecule has 0 spiro atoms. The molecule has 128 valence electrons. The van der Waals surface area contributed by atoms with Crippen molar-refractivity contribution >= 4 is 6.21 Å². The van der Waals surface area contributed by atoms with E-state index in [0.29, 0.717) is 0 Å². The molecule has 0 aliphatic heterocycles. The van der Waals surface area contributed by atoms with Gasteiger partial charge >= 0.3 is 0 Å². The zero-order chi connectivity index (χ0) is 17.8. The molecule has 0 amide bonds. The van der Waals surface area contributed by atoms with Crippen molar-refractivity contribution in [3.63, 3.8) is 0 Å². The first-order chi connectivity index (χ1) is 12.0. The Bertz CT molecular complexity index is 881. The number of nitrogens with zero attached hydrogens (tertiary/aromatic N) is 2. The van der Waals surface area contributed by atoms with Crippen molar-refractivity contribution < 1.29 is 13.6 Å². The average Bonchev–Trinajstić information content (AvgIpc) is 2.88. The molecule has 0 saturated carbocycles. The number of aryl methyl sites for hydroxylation is 1. The number of benzene rings is 2. The van der Waals surface area contributed by atoms with Crippen molar-refractivity contribution in [1.82, 2.24) is 4.57 Å². The molecule has 0 fully saturated rings. The highest BCUT2D eigenvalue weighted by Crippen LogP contribution is 2.20. The molecule has 1 aromatic heterocycles. The van der Waals surface area contributed by atoms with Gasteiger partial charge in [0.25, 0.3) is 0 Å². The van der Waals surface area contributed by atoms with Gasteiger partial charge in [-0.3, -0.25) is 0 Å². The van der Waals surface area contributed by atoms with E-state index in [4.69, 9.17) is 4.84 Å². The molecule has 0 saturated heterocycles. The summed E-state index contributed by atoms with van der Waals surface area (Å²) in [6, 6.07) is 14.4. The van der Waals surface area contributed by atoms with Gasteiger partial charge in [-0.1, -0.05) is 17.3 Å². The van der Waals surface area contributed by atoms with Crippen LogP contribution >= 0.6 is 0 Å². The molecule has 3 nitrogen and oxygen atoms in total. The van der Waals surface area contributed by atoms with Crippen molar-refractivity contribution in [3.8, 4) is 5.69 Å². The van der Waals surface area contributed by atoms with Gasteiger partial charge < -0.3 is 9.40 Å². The molecule has 3 rings (SSSR count). The normalized spacial score (nSPS) is 11.2. The Morgan fingerprint density at radius 3 is 2.20 bits per heavy atom. The third-order valence-electron chi connectivity index (χ3n) is 3.97. The summed E-state index contributed by atoms with van der Waals surface area (Å²) in [5.41, 5.74) is 4.65. The van der Waals surface area contributed by atoms with Gasteiger partial charge in [-0.05, 0) is 61.9 Å². The van der Waals surface area contributed by atoms with Gasteiger partial charge in [0.1, 0.15) is 18.2 Å². The van der Waals surface area contributed by atoms with Crippen LogP contribution in [0.4, 0.5) is 8.78 Å². The van der Waals surface area contributed by atoms with Gasteiger partial charge in [-0.15, -0.1) is 0 Å². The summed E-state index contributed by atoms with van der Waals surface area (Å²) in [6.45, 7) is 4.22. The lowest BCUT2D eigenvalue weighted by molar-refractivity contribution is 0.132. The van der Waals surface area contributed by atoms with Crippen molar-refractivity contribution in [2.24, 2.45) is 5.16 Å². The van der Waals surface area contributed by atoms with Crippen LogP contribution in [-0.2, 0) is 11.4 Å². The first kappa shape index (κ1) is 16.9. The van der Waals surface area contributed by atoms with Crippen LogP contribution in [0, 0.1) is 25.5 Å². The monoisotopic (exact) mass is 340 g/mol. The number of hydrogen-bond acceptors (Lipinski definition) is 2. The summed E-state index contributed by atoms with van der Waals surface area (Å²) in [5.74, 6) is -0.539. The second-order valence-electron chi connectivity index (χ2n) is 5.77. The molecule has 25 heavy (non-hydrogen) atoms. The van der Waals surface area contributed by atoms with E-state index in [9.17, 15) is 8.78 Å². The minimum Gasteiger partial charge on any atom is -0.391 e. The van der Waals surface area contributed by atoms with Gasteiger partial charge in [0.15, 0.2) is 0 Å². The summed E-state index contributed by atoms with van der Waals surface area (Å²) < 4.78 is 28.0. The molecule has 0 bridgehead atoms. The topological polar surface area (TPSA) is 26.5 Å². The van der Waals surface area contributed by atoms with Crippen LogP contribution < -0.4 is 0 Å². The largest absolute Gasteiger partial charge is 0.391 e. The maximum Gasteiger partial charge on any atom is 0.142 e. The van der Waals surface area contributed by atoms with Crippen LogP contribution in [0.3, 0.4) is 0 Å². The van der Waals surface area contributed by atoms with Gasteiger partial charge in [0, 0.05) is 22.6 Å². The summed E-state index contributed by atoms with van der Waals surface area (Å²) in [4.78, 5) is 5.28. The molecule has 0 atom stereocenters. The standard InChI is InChI=1S/C20H18F2N2O/c1-14-11-17(12-23-25-13-16-3-5-18(21)6-4-16)15(2)24(14)20-9-7-19(22)8-10-20/h3-12H,13H2,1-2H3/b23-12+. The molecule has 0 radical (unpaired) electrons. The van der Waals surface area contributed by atoms with Crippen LogP contribution in [0.25, 0.3) is 5.69 Å². The molecule has 3 aromatic rings. The zero-order valence-electron chi connectivity index (χ0n) is 14.0. The van der Waals surface area contributed by atoms with Crippen molar-refractivity contribution in [1.29, 1.82) is 0 Å². The fourth-order valence-corrected chi connectivity index (χ4v) is 2.69. The first-order valence-electron chi connectivity index (χ1n) is 7.89. The highest BCUT2D eigenvalue weighted by molar-refractivity contribution is 5.81. The molecule has 1 heterocycles. The van der Waals surface area contributed by atoms with Crippen molar-refractivity contribution in [3.05, 3.63) is 88.7 Å². The van der Waals surface area contributed by atoms with E-state index < -0.39 is 0 Å². The smallest absolute Gasteiger partial charge is 0.142 e. The van der Waals surface area contributed by atoms with E-state index in [1.165, 1.54) is 24.3 Å². The minimum atomic E-state index is -0.277. The van der Waals surface area contributed by atoms with E-state index in [1.807, 2.05) is 24.5 Å². The fourth-order valence-electron chi connectivity index (χ4n) is 2.69. The Hall–Kier alpha value is -2.95. The van der Waals surface area contributed by atoms with Crippen LogP contribution in [0.5, 0.6) is 0 Å². The molecular formula is C20H18F2N2O. The SMILES string of the molecule is Cc1cc(/C=N/OCc2ccc(F)cc2)c(C)n1-c1ccc(F)cc1. The molecular weight excluding hydrogens is 322 g/mol. The minimum absolute atomic E-state index is 0.262. The van der Waals surface area contributed by atoms with Gasteiger partial charge in [0.05, 0.1) is 6.21 Å². The summed E-state index contributed by atoms with van der Waals surface area (Å²) >= 11 is 0. The summed E-state index contributed by atoms with van der Waals surface area (Å²) in [7, 11) is 0.